The first-order valence-corrected chi connectivity index (χ1v) is 49.4. The number of hydrogen-bond acceptors (Lipinski definition) is 6. The van der Waals surface area contributed by atoms with Gasteiger partial charge in [-0.3, -0.25) is 4.57 Å². The van der Waals surface area contributed by atoms with Gasteiger partial charge in [-0.1, -0.05) is 437 Å². The van der Waals surface area contributed by atoms with Crippen LogP contribution in [0.1, 0.15) is 0 Å². The number of benzene rings is 22. The van der Waals surface area contributed by atoms with Crippen LogP contribution in [0.2, 0.25) is 0 Å². The molecule has 4 heterocycles. The molecule has 0 aliphatic carbocycles. The Morgan fingerprint density at radius 3 is 0.980 bits per heavy atom. The van der Waals surface area contributed by atoms with Crippen molar-refractivity contribution in [2.24, 2.45) is 0 Å². The molecule has 699 valence electrons. The Kier molecular flexibility index (Phi) is 27.7. The quantitative estimate of drug-likeness (QED) is 0.0594. The molecule has 0 unspecified atom stereocenters. The summed E-state index contributed by atoms with van der Waals surface area (Å²) in [5.74, 6) is 1.67. The van der Waals surface area contributed by atoms with Gasteiger partial charge in [-0.25, -0.2) is 15.0 Å². The van der Waals surface area contributed by atoms with Crippen LogP contribution in [0.25, 0.3) is 189 Å². The monoisotopic (exact) mass is 2060 g/mol. The summed E-state index contributed by atoms with van der Waals surface area (Å²) in [6, 6.07) is 208. The van der Waals surface area contributed by atoms with Gasteiger partial charge in [-0.05, 0) is 205 Å². The molecule has 22 aromatic carbocycles. The number of anilines is 6. The molecule has 147 heavy (non-hydrogen) atoms. The van der Waals surface area contributed by atoms with E-state index in [2.05, 4.69) is 533 Å². The fraction of sp³-hybridized carbons (Fsp3) is 0. The summed E-state index contributed by atoms with van der Waals surface area (Å²) in [6.07, 6.45) is 1.80. The molecule has 0 spiro atoms. The predicted octanol–water partition coefficient (Wildman–Crippen LogP) is 36.7. The van der Waals surface area contributed by atoms with Crippen LogP contribution in [0.4, 0.5) is 34.1 Å². The summed E-state index contributed by atoms with van der Waals surface area (Å²) in [5, 5.41) is 7.44. The molecule has 0 aliphatic heterocycles. The fourth-order valence-corrected chi connectivity index (χ4v) is 19.7. The van der Waals surface area contributed by atoms with Crippen molar-refractivity contribution >= 4 is 88.5 Å². The molecule has 0 atom stereocenters. The number of hydrogen-bond donors (Lipinski definition) is 0. The number of nitrogens with zero attached hydrogens (tertiary/aromatic N) is 8. The van der Waals surface area contributed by atoms with E-state index in [4.69, 9.17) is 15.0 Å². The number of fused-ring (bicyclic) bond motifs is 6. The second-order valence-corrected chi connectivity index (χ2v) is 35.8. The van der Waals surface area contributed by atoms with Crippen LogP contribution in [0.15, 0.2) is 589 Å². The van der Waals surface area contributed by atoms with Gasteiger partial charge in [0.1, 0.15) is 5.82 Å². The zero-order valence-corrected chi connectivity index (χ0v) is 82.8. The molecule has 0 fully saturated rings. The number of imidazole rings is 1. The van der Waals surface area contributed by atoms with E-state index in [0.717, 1.165) is 119 Å². The minimum Gasteiger partial charge on any atom is -0.311 e. The molecular weight excluding hydrogens is 1960 g/mol. The number of aromatic nitrogens is 6. The second-order valence-electron chi connectivity index (χ2n) is 35.8. The third-order valence-corrected chi connectivity index (χ3v) is 26.7. The van der Waals surface area contributed by atoms with Crippen LogP contribution in [-0.4, -0.2) is 29.1 Å². The van der Waals surface area contributed by atoms with Crippen LogP contribution >= 0.6 is 0 Å². The Bertz CT molecular complexity index is 8600. The molecule has 9 heteroatoms. The molecule has 26 rings (SSSR count). The molecule has 0 bridgehead atoms. The number of pyridine rings is 1. The standard InChI is InChI=1S/C48H36N2.C40H27N3.C33H22N2.C17H12N.Ir/c1-5-13-37(14-6-1)39-21-29-46(30-22-39)50(47-31-23-40(24-32-47)38-15-7-2-8-16-38)48-35-27-42(28-36-48)41-25-33-45(34-26-41)49(43-17-9-3-10-18-43)44-19-11-4-12-20-44;1-3-12-29(13-4-1)36-27-37(42-40(41-36)30-14-5-2-6-15-30)32-17-11-16-31(26-32)28-22-24-33(25-23-28)43-38-20-9-7-18-34(38)35-19-8-10-21-39(35)43;1-3-13-23(14-4-1)31-25-17-7-9-19-27(25)32(28-20-10-8-18-26(28)31)35-30-22-12-11-21-29(30)34-33(35)24-15-5-2-6-16-24;1-2-7-14(8-3-1)15-9-6-10-16(13-15)17-11-4-5-12-18-17;/h1-36H;1-27H;1-22H;1-9,11-13H;/q;;;-1;. The molecule has 0 N–H and O–H groups in total. The van der Waals surface area contributed by atoms with E-state index in [9.17, 15) is 0 Å². The summed E-state index contributed by atoms with van der Waals surface area (Å²) in [5.41, 5.74) is 35.9. The van der Waals surface area contributed by atoms with Gasteiger partial charge in [0.2, 0.25) is 0 Å². The van der Waals surface area contributed by atoms with E-state index in [1.807, 2.05) is 78.9 Å². The van der Waals surface area contributed by atoms with Crippen molar-refractivity contribution in [3.63, 3.8) is 0 Å². The maximum absolute atomic E-state index is 5.12. The summed E-state index contributed by atoms with van der Waals surface area (Å²) in [6.45, 7) is 0. The Balaban J connectivity index is 0.000000116. The third kappa shape index (κ3) is 20.2. The zero-order chi connectivity index (χ0) is 97.5. The molecule has 0 aliphatic rings. The first kappa shape index (κ1) is 93.1. The number of rotatable bonds is 19. The molecule has 4 aromatic heterocycles. The van der Waals surface area contributed by atoms with E-state index < -0.39 is 0 Å². The first-order chi connectivity index (χ1) is 72.4. The Labute approximate surface area is 870 Å². The third-order valence-electron chi connectivity index (χ3n) is 26.7. The van der Waals surface area contributed by atoms with Gasteiger partial charge in [0.25, 0.3) is 0 Å². The SMILES string of the molecule is [Ir].[c-]1ccc(-c2ccccc2)cc1-c1ccccn1.c1ccc(-c2c3ccccc3c(-n3c(-c4ccccc4)nc4ccccc43)c3ccccc23)cc1.c1ccc(-c2cc(-c3cccc(-c4ccc(-n5c6ccccc6c6ccccc65)cc4)c3)nc(-c3ccccc3)n2)cc1.c1ccc(-c2ccc(N(c3ccc(-c4ccccc4)cc3)c3ccc(-c4ccc(N(c5ccccc5)c5ccccc5)cc4)cc3)cc2)cc1. The van der Waals surface area contributed by atoms with Gasteiger partial charge in [0, 0.05) is 110 Å². The van der Waals surface area contributed by atoms with Crippen molar-refractivity contribution < 1.29 is 20.1 Å². The summed E-state index contributed by atoms with van der Waals surface area (Å²) in [7, 11) is 0. The molecule has 0 amide bonds. The van der Waals surface area contributed by atoms with Crippen molar-refractivity contribution in [3.8, 4) is 135 Å². The van der Waals surface area contributed by atoms with Gasteiger partial charge >= 0.3 is 0 Å². The van der Waals surface area contributed by atoms with Gasteiger partial charge in [-0.15, -0.1) is 35.4 Å². The van der Waals surface area contributed by atoms with Gasteiger partial charge in [-0.2, -0.15) is 0 Å². The predicted molar refractivity (Wildman–Crippen MR) is 611 cm³/mol. The van der Waals surface area contributed by atoms with Crippen molar-refractivity contribution in [2.75, 3.05) is 9.80 Å². The van der Waals surface area contributed by atoms with E-state index in [0.29, 0.717) is 0 Å². The van der Waals surface area contributed by atoms with Crippen LogP contribution in [0.3, 0.4) is 0 Å². The minimum absolute atomic E-state index is 0. The van der Waals surface area contributed by atoms with Gasteiger partial charge in [0.15, 0.2) is 5.82 Å². The molecule has 1 radical (unpaired) electrons. The maximum atomic E-state index is 5.12. The average molecular weight is 2060 g/mol. The van der Waals surface area contributed by atoms with E-state index in [1.54, 1.807) is 6.20 Å². The van der Waals surface area contributed by atoms with E-state index in [1.165, 1.54) is 105 Å². The summed E-state index contributed by atoms with van der Waals surface area (Å²) < 4.78 is 4.70. The fourth-order valence-electron chi connectivity index (χ4n) is 19.7. The van der Waals surface area contributed by atoms with Crippen molar-refractivity contribution in [2.45, 2.75) is 0 Å². The summed E-state index contributed by atoms with van der Waals surface area (Å²) in [4.78, 5) is 24.1. The molecule has 26 aromatic rings. The molecule has 0 saturated heterocycles. The van der Waals surface area contributed by atoms with Gasteiger partial charge in [0.05, 0.1) is 39.1 Å². The normalized spacial score (nSPS) is 10.9. The molecule has 8 nitrogen and oxygen atoms in total. The largest absolute Gasteiger partial charge is 0.311 e. The Morgan fingerprint density at radius 2 is 0.524 bits per heavy atom. The van der Waals surface area contributed by atoms with Crippen LogP contribution in [-0.2, 0) is 20.1 Å². The van der Waals surface area contributed by atoms with Crippen LogP contribution < -0.4 is 9.80 Å². The van der Waals surface area contributed by atoms with E-state index >= 15 is 0 Å². The molecular formula is C138H97IrN8-. The topological polar surface area (TPSA) is 67.9 Å². The smallest absolute Gasteiger partial charge is 0.160 e. The first-order valence-electron chi connectivity index (χ1n) is 49.4. The number of para-hydroxylation sites is 6. The Morgan fingerprint density at radius 1 is 0.197 bits per heavy atom. The van der Waals surface area contributed by atoms with Crippen LogP contribution in [0.5, 0.6) is 0 Å². The van der Waals surface area contributed by atoms with Gasteiger partial charge < -0.3 is 19.4 Å². The van der Waals surface area contributed by atoms with Crippen molar-refractivity contribution in [1.82, 2.24) is 29.1 Å². The van der Waals surface area contributed by atoms with Crippen molar-refractivity contribution in [3.05, 3.63) is 595 Å². The van der Waals surface area contributed by atoms with E-state index in [-0.39, 0.29) is 20.1 Å². The Hall–Kier alpha value is -18.9. The second kappa shape index (κ2) is 43.7. The van der Waals surface area contributed by atoms with Crippen LogP contribution in [0, 0.1) is 6.07 Å². The minimum atomic E-state index is 0. The molecule has 0 saturated carbocycles. The maximum Gasteiger partial charge on any atom is 0.160 e. The summed E-state index contributed by atoms with van der Waals surface area (Å²) >= 11 is 0. The zero-order valence-electron chi connectivity index (χ0n) is 80.4. The van der Waals surface area contributed by atoms with Crippen molar-refractivity contribution in [1.29, 1.82) is 0 Å². The average Bonchev–Trinajstić information content (AvgIpc) is 1.08.